The second-order valence-electron chi connectivity index (χ2n) is 28.0. The second kappa shape index (κ2) is 33.1. The highest BCUT2D eigenvalue weighted by molar-refractivity contribution is 5.22. The Morgan fingerprint density at radius 3 is 0.706 bits per heavy atom. The summed E-state index contributed by atoms with van der Waals surface area (Å²) in [5, 5.41) is 0. The van der Waals surface area contributed by atoms with Crippen molar-refractivity contribution in [3.05, 3.63) is 60.2 Å². The Morgan fingerprint density at radius 1 is 0.426 bits per heavy atom. The van der Waals surface area contributed by atoms with Gasteiger partial charge in [-0.05, 0) is 79.5 Å². The van der Waals surface area contributed by atoms with E-state index in [1.54, 1.807) is 20.8 Å². The van der Waals surface area contributed by atoms with Crippen LogP contribution in [0.3, 0.4) is 0 Å². The molecule has 0 aliphatic heterocycles. The lowest BCUT2D eigenvalue weighted by Crippen LogP contribution is -2.31. The first kappa shape index (κ1) is 80.4. The van der Waals surface area contributed by atoms with Crippen LogP contribution in [-0.4, -0.2) is 12.4 Å². The molecule has 0 aliphatic carbocycles. The van der Waals surface area contributed by atoms with Gasteiger partial charge >= 0.3 is 12.4 Å². The van der Waals surface area contributed by atoms with E-state index in [1.165, 1.54) is 58.1 Å². The van der Waals surface area contributed by atoms with Crippen molar-refractivity contribution in [1.29, 1.82) is 0 Å². The zero-order chi connectivity index (χ0) is 57.3. The molecule has 0 heterocycles. The van der Waals surface area contributed by atoms with E-state index in [4.69, 9.17) is 0 Å². The minimum Gasteiger partial charge on any atom is -0.171 e. The predicted molar refractivity (Wildman–Crippen MR) is 300 cm³/mol. The summed E-state index contributed by atoms with van der Waals surface area (Å²) in [6.07, 6.45) is -4.42. The average Bonchev–Trinajstić information content (AvgIpc) is 3.11. The van der Waals surface area contributed by atoms with Crippen molar-refractivity contribution in [2.45, 2.75) is 272 Å². The van der Waals surface area contributed by atoms with Gasteiger partial charge in [0.1, 0.15) is 0 Å². The van der Waals surface area contributed by atoms with E-state index in [-0.39, 0.29) is 0 Å². The topological polar surface area (TPSA) is 0 Å². The fourth-order valence-corrected chi connectivity index (χ4v) is 3.69. The van der Waals surface area contributed by atoms with Gasteiger partial charge < -0.3 is 0 Å². The highest BCUT2D eigenvalue weighted by Crippen LogP contribution is 2.39. The van der Waals surface area contributed by atoms with Crippen LogP contribution >= 0.6 is 0 Å². The molecule has 0 radical (unpaired) electrons. The van der Waals surface area contributed by atoms with Gasteiger partial charge in [-0.3, -0.25) is 0 Å². The third-order valence-corrected chi connectivity index (χ3v) is 14.0. The summed E-state index contributed by atoms with van der Waals surface area (Å²) in [6, 6.07) is 10.6. The quantitative estimate of drug-likeness (QED) is 0.209. The maximum Gasteiger partial charge on any atom is 0.412 e. The molecule has 0 saturated carbocycles. The van der Waals surface area contributed by atoms with Crippen LogP contribution in [0.15, 0.2) is 54.6 Å². The highest BCUT2D eigenvalue weighted by Gasteiger charge is 2.43. The molecule has 0 aliphatic rings. The van der Waals surface area contributed by atoms with Gasteiger partial charge in [-0.15, -0.1) is 0 Å². The maximum absolute atomic E-state index is 11.9. The van der Waals surface area contributed by atoms with Gasteiger partial charge in [-0.2, -0.15) is 26.3 Å². The lowest BCUT2D eigenvalue weighted by Gasteiger charge is -2.28. The predicted octanol–water partition coefficient (Wildman–Crippen LogP) is 23.9. The molecule has 0 amide bonds. The smallest absolute Gasteiger partial charge is 0.171 e. The van der Waals surface area contributed by atoms with Gasteiger partial charge in [0.05, 0.1) is 5.92 Å². The summed E-state index contributed by atoms with van der Waals surface area (Å²) >= 11 is 0. The standard InChI is InChI=1S/C10H14.3C8H18.C7H13F3.C7H11F3.C7H16.C7H14/c1-10(2,3)9-7-5-4-6-8-9;3*1-6-7(2)8(3,4)5;2*1-5(6(2,3)4)7(8,9)10;2*1-6(2)7(3,4)5/h4-8H,1-3H3;3*7H,6H2,1-5H3;5H,1-4H3;1H2,2-4H3;6H,1-5H3;1H2,2-5H3/t;2*7-;;;;;/m.10...../s1. The van der Waals surface area contributed by atoms with Crippen LogP contribution in [0.1, 0.15) is 260 Å². The highest BCUT2D eigenvalue weighted by atomic mass is 19.4. The van der Waals surface area contributed by atoms with Crippen LogP contribution in [-0.2, 0) is 5.41 Å². The molecule has 2 unspecified atom stereocenters. The fourth-order valence-electron chi connectivity index (χ4n) is 3.69. The molecule has 0 N–H and O–H groups in total. The van der Waals surface area contributed by atoms with E-state index in [2.05, 4.69) is 230 Å². The molecule has 0 nitrogen and oxygen atoms in total. The van der Waals surface area contributed by atoms with Gasteiger partial charge in [0.2, 0.25) is 0 Å². The fraction of sp³-hybridized carbons (Fsp3) is 0.839. The summed E-state index contributed by atoms with van der Waals surface area (Å²) in [4.78, 5) is 0. The Balaban J connectivity index is -0.000000126. The molecule has 0 aromatic heterocycles. The van der Waals surface area contributed by atoms with E-state index >= 15 is 0 Å². The largest absolute Gasteiger partial charge is 0.412 e. The zero-order valence-corrected chi connectivity index (χ0v) is 52.1. The first-order valence-electron chi connectivity index (χ1n) is 25.8. The first-order chi connectivity index (χ1) is 29.2. The lowest BCUT2D eigenvalue weighted by atomic mass is 9.81. The van der Waals surface area contributed by atoms with Gasteiger partial charge in [0.15, 0.2) is 0 Å². The number of alkyl halides is 6. The van der Waals surface area contributed by atoms with E-state index in [1.807, 2.05) is 0 Å². The van der Waals surface area contributed by atoms with Crippen molar-refractivity contribution in [3.63, 3.8) is 0 Å². The molecule has 0 fully saturated rings. The van der Waals surface area contributed by atoms with E-state index < -0.39 is 34.7 Å². The van der Waals surface area contributed by atoms with Gasteiger partial charge in [0.25, 0.3) is 0 Å². The van der Waals surface area contributed by atoms with Crippen LogP contribution in [0.25, 0.3) is 0 Å². The SMILES string of the molecule is C=C(C(C)(C)C)C(F)(F)F.C=C(C)C(C)(C)C.CC(C(C)(C)C)C(F)(F)F.CC(C)(C)c1ccccc1.CC(C)C(C)(C)C.CCC(C)C(C)(C)C.CC[C@@H](C)C(C)(C)C.CC[C@H](C)C(C)(C)C. The number of benzene rings is 1. The summed E-state index contributed by atoms with van der Waals surface area (Å²) in [7, 11) is 0. The summed E-state index contributed by atoms with van der Waals surface area (Å²) in [5.41, 5.74) is 3.03. The first-order valence-corrected chi connectivity index (χ1v) is 25.8. The maximum atomic E-state index is 11.9. The van der Waals surface area contributed by atoms with Crippen molar-refractivity contribution < 1.29 is 26.3 Å². The molecule has 4 atom stereocenters. The molecule has 0 bridgehead atoms. The van der Waals surface area contributed by atoms with Crippen LogP contribution in [0.5, 0.6) is 0 Å². The Morgan fingerprint density at radius 2 is 0.662 bits per heavy atom. The normalized spacial score (nSPS) is 14.4. The average molecular weight is 982 g/mol. The van der Waals surface area contributed by atoms with Crippen LogP contribution in [0.4, 0.5) is 26.3 Å². The molecule has 412 valence electrons. The number of rotatable bonds is 3. The minimum absolute atomic E-state index is 0.293. The Hall–Kier alpha value is -1.72. The monoisotopic (exact) mass is 981 g/mol. The Bertz CT molecular complexity index is 1290. The Labute approximate surface area is 425 Å². The Kier molecular flexibility index (Phi) is 39.1. The van der Waals surface area contributed by atoms with Crippen LogP contribution in [0.2, 0.25) is 0 Å². The van der Waals surface area contributed by atoms with Crippen molar-refractivity contribution in [3.8, 4) is 0 Å². The number of hydrogen-bond acceptors (Lipinski definition) is 0. The molecule has 0 saturated heterocycles. The van der Waals surface area contributed by atoms with Gasteiger partial charge in [0, 0.05) is 5.57 Å². The van der Waals surface area contributed by atoms with E-state index in [9.17, 15) is 26.3 Å². The second-order valence-corrected chi connectivity index (χ2v) is 28.0. The van der Waals surface area contributed by atoms with E-state index in [0.717, 1.165) is 23.7 Å². The molecule has 1 aromatic rings. The molecular weight excluding hydrogens is 859 g/mol. The summed E-state index contributed by atoms with van der Waals surface area (Å²) in [5.74, 6) is 2.11. The van der Waals surface area contributed by atoms with Crippen molar-refractivity contribution in [2.24, 2.45) is 67.5 Å². The van der Waals surface area contributed by atoms with Crippen molar-refractivity contribution in [1.82, 2.24) is 0 Å². The number of allylic oxidation sites excluding steroid dienone is 2. The summed E-state index contributed by atoms with van der Waals surface area (Å²) in [6.45, 7) is 78.0. The minimum atomic E-state index is -4.25. The van der Waals surface area contributed by atoms with Gasteiger partial charge in [-0.25, -0.2) is 0 Å². The summed E-state index contributed by atoms with van der Waals surface area (Å²) < 4.78 is 71.4. The van der Waals surface area contributed by atoms with Crippen molar-refractivity contribution >= 4 is 0 Å². The lowest BCUT2D eigenvalue weighted by molar-refractivity contribution is -0.194. The molecule has 6 heteroatoms. The zero-order valence-electron chi connectivity index (χ0n) is 52.1. The third-order valence-electron chi connectivity index (χ3n) is 14.0. The molecule has 1 rings (SSSR count). The molecule has 0 spiro atoms. The third kappa shape index (κ3) is 49.3. The number of halogens is 6. The molecule has 68 heavy (non-hydrogen) atoms. The van der Waals surface area contributed by atoms with Crippen LogP contribution < -0.4 is 0 Å². The van der Waals surface area contributed by atoms with Crippen molar-refractivity contribution in [2.75, 3.05) is 0 Å². The van der Waals surface area contributed by atoms with Gasteiger partial charge in [-0.1, -0.05) is 297 Å². The number of hydrogen-bond donors (Lipinski definition) is 0. The molecule has 1 aromatic carbocycles. The molecular formula is C62H122F6. The van der Waals surface area contributed by atoms with Crippen LogP contribution in [0, 0.1) is 67.5 Å². The van der Waals surface area contributed by atoms with E-state index in [0.29, 0.717) is 32.5 Å².